The summed E-state index contributed by atoms with van der Waals surface area (Å²) >= 11 is -2.12. The standard InChI is InChI=1S/C18H19N5O3S/c1-11(2)23-15(24)9-8-13(22-23)17-16(12-6-4-3-5-7-12)21-18(19)14(20-17)10-27(25)26/h3-9,11H,10H2,1-2H3,(H2,19,21)(H,25,26). The van der Waals surface area contributed by atoms with Gasteiger partial charge >= 0.3 is 0 Å². The van der Waals surface area contributed by atoms with Crippen LogP contribution in [0.2, 0.25) is 0 Å². The Bertz CT molecular complexity index is 1050. The summed E-state index contributed by atoms with van der Waals surface area (Å²) in [5, 5.41) is 4.40. The Morgan fingerprint density at radius 1 is 1.11 bits per heavy atom. The van der Waals surface area contributed by atoms with Crippen molar-refractivity contribution in [2.45, 2.75) is 25.6 Å². The molecule has 8 nitrogen and oxygen atoms in total. The minimum atomic E-state index is -2.12. The van der Waals surface area contributed by atoms with Crippen LogP contribution in [0.4, 0.5) is 5.82 Å². The Kier molecular flexibility index (Phi) is 5.43. The van der Waals surface area contributed by atoms with Crippen LogP contribution in [0.25, 0.3) is 22.6 Å². The first-order valence-corrected chi connectivity index (χ1v) is 9.54. The molecular formula is C18H19N5O3S. The van der Waals surface area contributed by atoms with Crippen molar-refractivity contribution in [2.75, 3.05) is 5.73 Å². The fourth-order valence-corrected chi connectivity index (χ4v) is 3.05. The Morgan fingerprint density at radius 3 is 2.44 bits per heavy atom. The molecule has 140 valence electrons. The van der Waals surface area contributed by atoms with E-state index in [1.165, 1.54) is 10.7 Å². The Morgan fingerprint density at radius 2 is 1.81 bits per heavy atom. The molecule has 0 bridgehead atoms. The van der Waals surface area contributed by atoms with Crippen LogP contribution in [0, 0.1) is 0 Å². The number of hydrogen-bond acceptors (Lipinski definition) is 6. The third-order valence-corrected chi connectivity index (χ3v) is 4.38. The smallest absolute Gasteiger partial charge is 0.267 e. The van der Waals surface area contributed by atoms with E-state index in [0.717, 1.165) is 5.56 Å². The summed E-state index contributed by atoms with van der Waals surface area (Å²) < 4.78 is 21.8. The number of rotatable bonds is 5. The van der Waals surface area contributed by atoms with Gasteiger partial charge in [-0.3, -0.25) is 4.79 Å². The second-order valence-electron chi connectivity index (χ2n) is 6.18. The maximum atomic E-state index is 12.0. The molecule has 1 aromatic carbocycles. The van der Waals surface area contributed by atoms with Gasteiger partial charge in [0.2, 0.25) is 0 Å². The van der Waals surface area contributed by atoms with Gasteiger partial charge in [-0.05, 0) is 19.9 Å². The van der Waals surface area contributed by atoms with E-state index in [1.807, 2.05) is 44.2 Å². The van der Waals surface area contributed by atoms with Crippen LogP contribution in [-0.2, 0) is 16.8 Å². The zero-order valence-electron chi connectivity index (χ0n) is 14.9. The topological polar surface area (TPSA) is 124 Å². The first-order chi connectivity index (χ1) is 12.9. The molecule has 3 rings (SSSR count). The molecule has 0 saturated heterocycles. The van der Waals surface area contributed by atoms with Crippen molar-refractivity contribution >= 4 is 16.9 Å². The van der Waals surface area contributed by atoms with Gasteiger partial charge in [-0.25, -0.2) is 18.9 Å². The fourth-order valence-electron chi connectivity index (χ4n) is 2.60. The lowest BCUT2D eigenvalue weighted by atomic mass is 10.1. The minimum Gasteiger partial charge on any atom is -0.382 e. The maximum absolute atomic E-state index is 12.0. The van der Waals surface area contributed by atoms with Crippen LogP contribution in [0.5, 0.6) is 0 Å². The molecule has 9 heteroatoms. The quantitative estimate of drug-likeness (QED) is 0.645. The molecule has 0 saturated carbocycles. The number of nitrogens with two attached hydrogens (primary N) is 1. The second kappa shape index (κ2) is 7.77. The van der Waals surface area contributed by atoms with Crippen molar-refractivity contribution < 1.29 is 8.76 Å². The third kappa shape index (κ3) is 4.09. The van der Waals surface area contributed by atoms with Gasteiger partial charge in [-0.2, -0.15) is 5.10 Å². The first kappa shape index (κ1) is 18.9. The number of aromatic nitrogens is 4. The SMILES string of the molecule is CC(C)n1nc(-c2nc(CS(=O)O)c(N)nc2-c2ccccc2)ccc1=O. The molecule has 27 heavy (non-hydrogen) atoms. The molecule has 0 amide bonds. The molecule has 1 atom stereocenters. The lowest BCUT2D eigenvalue weighted by Crippen LogP contribution is -2.24. The number of nitrogen functional groups attached to an aromatic ring is 1. The van der Waals surface area contributed by atoms with Gasteiger partial charge in [0.25, 0.3) is 5.56 Å². The van der Waals surface area contributed by atoms with E-state index in [9.17, 15) is 13.6 Å². The third-order valence-electron chi connectivity index (χ3n) is 3.86. The largest absolute Gasteiger partial charge is 0.382 e. The zero-order valence-corrected chi connectivity index (χ0v) is 15.7. The minimum absolute atomic E-state index is 0.0807. The average molecular weight is 385 g/mol. The Balaban J connectivity index is 2.27. The fraction of sp³-hybridized carbons (Fsp3) is 0.222. The number of benzene rings is 1. The molecule has 0 fully saturated rings. The van der Waals surface area contributed by atoms with Gasteiger partial charge in [-0.15, -0.1) is 0 Å². The van der Waals surface area contributed by atoms with Crippen LogP contribution >= 0.6 is 0 Å². The molecule has 0 aliphatic carbocycles. The predicted molar refractivity (Wildman–Crippen MR) is 104 cm³/mol. The highest BCUT2D eigenvalue weighted by Gasteiger charge is 2.18. The maximum Gasteiger partial charge on any atom is 0.267 e. The van der Waals surface area contributed by atoms with Crippen LogP contribution in [0.15, 0.2) is 47.3 Å². The van der Waals surface area contributed by atoms with Gasteiger partial charge in [0, 0.05) is 11.6 Å². The first-order valence-electron chi connectivity index (χ1n) is 8.26. The lowest BCUT2D eigenvalue weighted by Gasteiger charge is -2.14. The van der Waals surface area contributed by atoms with Crippen molar-refractivity contribution in [3.05, 3.63) is 58.5 Å². The van der Waals surface area contributed by atoms with E-state index in [4.69, 9.17) is 5.73 Å². The number of hydrogen-bond donors (Lipinski definition) is 2. The lowest BCUT2D eigenvalue weighted by molar-refractivity contribution is 0.504. The van der Waals surface area contributed by atoms with E-state index in [2.05, 4.69) is 15.1 Å². The van der Waals surface area contributed by atoms with Crippen molar-refractivity contribution in [1.82, 2.24) is 19.7 Å². The van der Waals surface area contributed by atoms with Crippen LogP contribution in [-0.4, -0.2) is 28.5 Å². The van der Waals surface area contributed by atoms with Crippen molar-refractivity contribution in [1.29, 1.82) is 0 Å². The number of anilines is 1. The summed E-state index contributed by atoms with van der Waals surface area (Å²) in [5.41, 5.74) is 8.02. The monoisotopic (exact) mass is 385 g/mol. The molecule has 0 aliphatic rings. The molecule has 3 N–H and O–H groups in total. The molecular weight excluding hydrogens is 366 g/mol. The summed E-state index contributed by atoms with van der Waals surface area (Å²) in [6.07, 6.45) is 0. The van der Waals surface area contributed by atoms with E-state index >= 15 is 0 Å². The average Bonchev–Trinajstić information content (AvgIpc) is 2.64. The summed E-state index contributed by atoms with van der Waals surface area (Å²) in [4.78, 5) is 20.9. The highest BCUT2D eigenvalue weighted by atomic mass is 32.2. The van der Waals surface area contributed by atoms with E-state index in [0.29, 0.717) is 17.1 Å². The van der Waals surface area contributed by atoms with Gasteiger partial charge in [0.05, 0.1) is 17.5 Å². The van der Waals surface area contributed by atoms with E-state index in [1.54, 1.807) is 6.07 Å². The summed E-state index contributed by atoms with van der Waals surface area (Å²) in [6, 6.07) is 12.1. The molecule has 0 aliphatic heterocycles. The molecule has 2 aromatic heterocycles. The van der Waals surface area contributed by atoms with Crippen molar-refractivity contribution in [3.8, 4) is 22.6 Å². The van der Waals surface area contributed by atoms with Gasteiger partial charge < -0.3 is 10.3 Å². The second-order valence-corrected chi connectivity index (χ2v) is 7.11. The number of nitrogens with zero attached hydrogens (tertiary/aromatic N) is 4. The molecule has 2 heterocycles. The van der Waals surface area contributed by atoms with E-state index in [-0.39, 0.29) is 28.9 Å². The highest BCUT2D eigenvalue weighted by Crippen LogP contribution is 2.29. The van der Waals surface area contributed by atoms with Crippen LogP contribution < -0.4 is 11.3 Å². The molecule has 3 aromatic rings. The van der Waals surface area contributed by atoms with Gasteiger partial charge in [-0.1, -0.05) is 30.3 Å². The molecule has 1 unspecified atom stereocenters. The van der Waals surface area contributed by atoms with E-state index < -0.39 is 11.1 Å². The predicted octanol–water partition coefficient (Wildman–Crippen LogP) is 2.25. The summed E-state index contributed by atoms with van der Waals surface area (Å²) in [5.74, 6) is -0.165. The highest BCUT2D eigenvalue weighted by molar-refractivity contribution is 7.78. The Labute approximate surface area is 158 Å². The van der Waals surface area contributed by atoms with Gasteiger partial charge in [0.1, 0.15) is 22.9 Å². The summed E-state index contributed by atoms with van der Waals surface area (Å²) in [6.45, 7) is 3.70. The van der Waals surface area contributed by atoms with Gasteiger partial charge in [0.15, 0.2) is 11.1 Å². The Hall–Kier alpha value is -2.91. The van der Waals surface area contributed by atoms with Crippen LogP contribution in [0.1, 0.15) is 25.6 Å². The van der Waals surface area contributed by atoms with Crippen LogP contribution in [0.3, 0.4) is 0 Å². The zero-order chi connectivity index (χ0) is 19.6. The normalized spacial score (nSPS) is 12.3. The summed E-state index contributed by atoms with van der Waals surface area (Å²) in [7, 11) is 0. The molecule has 0 radical (unpaired) electrons. The molecule has 0 spiro atoms. The van der Waals surface area contributed by atoms with Crippen molar-refractivity contribution in [3.63, 3.8) is 0 Å². The van der Waals surface area contributed by atoms with Crippen molar-refractivity contribution in [2.24, 2.45) is 0 Å².